The van der Waals surface area contributed by atoms with Crippen LogP contribution in [0.15, 0.2) is 30.3 Å². The molecule has 0 radical (unpaired) electrons. The summed E-state index contributed by atoms with van der Waals surface area (Å²) in [7, 11) is -0.850. The second-order valence-electron chi connectivity index (χ2n) is 7.46. The maximum Gasteiger partial charge on any atom is 0.430 e. The number of nitrogens with one attached hydrogen (secondary N) is 1. The third-order valence-electron chi connectivity index (χ3n) is 3.76. The van der Waals surface area contributed by atoms with Crippen LogP contribution in [0.5, 0.6) is 0 Å². The third-order valence-corrected chi connectivity index (χ3v) is 4.66. The van der Waals surface area contributed by atoms with Crippen LogP contribution in [-0.4, -0.2) is 33.3 Å². The fraction of sp³-hybridized carbons (Fsp3) is 0.526. The first-order valence-electron chi connectivity index (χ1n) is 8.36. The molecule has 144 valence electrons. The molecule has 1 N–H and O–H groups in total. The predicted octanol–water partition coefficient (Wildman–Crippen LogP) is 4.11. The molecule has 0 fully saturated rings. The van der Waals surface area contributed by atoms with E-state index in [1.54, 1.807) is 19.9 Å². The first-order valence-corrected chi connectivity index (χ1v) is 11.9. The van der Waals surface area contributed by atoms with E-state index in [9.17, 15) is 18.0 Å². The number of benzene rings is 1. The molecule has 0 aromatic heterocycles. The van der Waals surface area contributed by atoms with Gasteiger partial charge in [0.2, 0.25) is 0 Å². The molecule has 0 bridgehead atoms. The molecule has 3 nitrogen and oxygen atoms in total. The van der Waals surface area contributed by atoms with E-state index >= 15 is 0 Å². The maximum atomic E-state index is 13.9. The Balaban J connectivity index is 3.34. The lowest BCUT2D eigenvalue weighted by Gasteiger charge is -2.34. The molecule has 0 unspecified atom stereocenters. The molecule has 26 heavy (non-hydrogen) atoms. The number of hydrogen-bond acceptors (Lipinski definition) is 2. The first-order chi connectivity index (χ1) is 11.8. The number of methoxy groups -OCH3 is 1. The molecule has 1 aromatic carbocycles. The van der Waals surface area contributed by atoms with Crippen molar-refractivity contribution in [2.75, 3.05) is 7.11 Å². The van der Waals surface area contributed by atoms with Crippen molar-refractivity contribution in [2.24, 2.45) is 5.92 Å². The number of alkyl halides is 3. The molecule has 0 spiro atoms. The lowest BCUT2D eigenvalue weighted by molar-refractivity contribution is -0.266. The highest BCUT2D eigenvalue weighted by Crippen LogP contribution is 2.42. The van der Waals surface area contributed by atoms with Crippen molar-refractivity contribution in [1.29, 1.82) is 0 Å². The number of carbonyl (C=O) groups excluding carboxylic acids is 1. The smallest absolute Gasteiger partial charge is 0.356 e. The SMILES string of the molecule is CO[C@](C(=O)N[C@@H](C#C[Si](C)(C)C)C(C)C)(c1ccccc1)C(F)(F)F. The van der Waals surface area contributed by atoms with Gasteiger partial charge < -0.3 is 10.1 Å². The van der Waals surface area contributed by atoms with E-state index in [-0.39, 0.29) is 11.5 Å². The zero-order valence-electron chi connectivity index (χ0n) is 16.0. The zero-order valence-corrected chi connectivity index (χ0v) is 17.0. The molecule has 0 aliphatic carbocycles. The zero-order chi connectivity index (χ0) is 20.2. The van der Waals surface area contributed by atoms with Crippen molar-refractivity contribution in [1.82, 2.24) is 5.32 Å². The van der Waals surface area contributed by atoms with Gasteiger partial charge in [-0.3, -0.25) is 4.79 Å². The van der Waals surface area contributed by atoms with Crippen LogP contribution in [0.3, 0.4) is 0 Å². The van der Waals surface area contributed by atoms with Crippen LogP contribution < -0.4 is 5.32 Å². The van der Waals surface area contributed by atoms with Crippen LogP contribution in [0.25, 0.3) is 0 Å². The van der Waals surface area contributed by atoms with Gasteiger partial charge in [-0.1, -0.05) is 69.7 Å². The van der Waals surface area contributed by atoms with Crippen molar-refractivity contribution in [3.8, 4) is 11.5 Å². The van der Waals surface area contributed by atoms with Gasteiger partial charge in [-0.25, -0.2) is 0 Å². The van der Waals surface area contributed by atoms with Gasteiger partial charge >= 0.3 is 6.18 Å². The largest absolute Gasteiger partial charge is 0.430 e. The number of ether oxygens (including phenoxy) is 1. The lowest BCUT2D eigenvalue weighted by Crippen LogP contribution is -2.58. The first kappa shape index (κ1) is 22.3. The van der Waals surface area contributed by atoms with Crippen molar-refractivity contribution in [3.63, 3.8) is 0 Å². The molecule has 0 aliphatic heterocycles. The molecule has 0 saturated carbocycles. The molecule has 7 heteroatoms. The van der Waals surface area contributed by atoms with Gasteiger partial charge in [0.1, 0.15) is 8.07 Å². The van der Waals surface area contributed by atoms with Crippen molar-refractivity contribution in [3.05, 3.63) is 35.9 Å². The highest BCUT2D eigenvalue weighted by molar-refractivity contribution is 6.83. The van der Waals surface area contributed by atoms with Crippen LogP contribution in [0.4, 0.5) is 13.2 Å². The monoisotopic (exact) mass is 385 g/mol. The van der Waals surface area contributed by atoms with Gasteiger partial charge in [-0.2, -0.15) is 13.2 Å². The van der Waals surface area contributed by atoms with E-state index in [0.29, 0.717) is 0 Å². The average Bonchev–Trinajstić information content (AvgIpc) is 2.51. The van der Waals surface area contributed by atoms with Gasteiger partial charge in [0, 0.05) is 12.7 Å². The topological polar surface area (TPSA) is 38.3 Å². The Morgan fingerprint density at radius 2 is 1.69 bits per heavy atom. The molecule has 1 rings (SSSR count). The Kier molecular flexibility index (Phi) is 7.08. The van der Waals surface area contributed by atoms with Crippen molar-refractivity contribution in [2.45, 2.75) is 51.3 Å². The van der Waals surface area contributed by atoms with E-state index in [1.807, 2.05) is 19.6 Å². The fourth-order valence-corrected chi connectivity index (χ4v) is 2.92. The number of halogens is 3. The Bertz CT molecular complexity index is 672. The molecule has 0 aliphatic rings. The number of rotatable bonds is 5. The summed E-state index contributed by atoms with van der Waals surface area (Å²) in [6.07, 6.45) is -4.93. The van der Waals surface area contributed by atoms with Crippen LogP contribution in [0.1, 0.15) is 19.4 Å². The van der Waals surface area contributed by atoms with Gasteiger partial charge in [-0.05, 0) is 5.92 Å². The Hall–Kier alpha value is -1.78. The van der Waals surface area contributed by atoms with Gasteiger partial charge in [0.15, 0.2) is 0 Å². The molecular weight excluding hydrogens is 359 g/mol. The van der Waals surface area contributed by atoms with Crippen LogP contribution in [-0.2, 0) is 15.1 Å². The summed E-state index contributed by atoms with van der Waals surface area (Å²) in [4.78, 5) is 12.8. The summed E-state index contributed by atoms with van der Waals surface area (Å²) >= 11 is 0. The summed E-state index contributed by atoms with van der Waals surface area (Å²) in [6, 6.07) is 6.22. The fourth-order valence-electron chi connectivity index (χ4n) is 2.33. The molecule has 0 saturated heterocycles. The number of carbonyl (C=O) groups is 1. The van der Waals surface area contributed by atoms with Crippen LogP contribution >= 0.6 is 0 Å². The number of amides is 1. The minimum absolute atomic E-state index is 0.152. The molecule has 0 heterocycles. The minimum Gasteiger partial charge on any atom is -0.356 e. The number of hydrogen-bond donors (Lipinski definition) is 1. The van der Waals surface area contributed by atoms with Gasteiger partial charge in [0.05, 0.1) is 6.04 Å². The van der Waals surface area contributed by atoms with E-state index in [2.05, 4.69) is 16.8 Å². The van der Waals surface area contributed by atoms with Gasteiger partial charge in [-0.15, -0.1) is 5.54 Å². The highest BCUT2D eigenvalue weighted by Gasteiger charge is 2.62. The maximum absolute atomic E-state index is 13.9. The molecule has 2 atom stereocenters. The Morgan fingerprint density at radius 3 is 2.08 bits per heavy atom. The molecule has 1 amide bonds. The highest BCUT2D eigenvalue weighted by atomic mass is 28.3. The minimum atomic E-state index is -4.93. The predicted molar refractivity (Wildman–Crippen MR) is 99.1 cm³/mol. The normalized spacial score (nSPS) is 15.6. The summed E-state index contributed by atoms with van der Waals surface area (Å²) in [5.41, 5.74) is -0.243. The Morgan fingerprint density at radius 1 is 1.15 bits per heavy atom. The summed E-state index contributed by atoms with van der Waals surface area (Å²) in [6.45, 7) is 9.68. The molecule has 1 aromatic rings. The van der Waals surface area contributed by atoms with Gasteiger partial charge in [0.25, 0.3) is 11.5 Å². The summed E-state index contributed by atoms with van der Waals surface area (Å²) in [5.74, 6) is 1.53. The molecular formula is C19H26F3NO2Si. The van der Waals surface area contributed by atoms with E-state index in [1.165, 1.54) is 24.3 Å². The van der Waals surface area contributed by atoms with E-state index < -0.39 is 31.8 Å². The lowest BCUT2D eigenvalue weighted by atomic mass is 9.90. The summed E-state index contributed by atoms with van der Waals surface area (Å²) in [5, 5.41) is 2.45. The quantitative estimate of drug-likeness (QED) is 0.612. The van der Waals surface area contributed by atoms with Crippen LogP contribution in [0, 0.1) is 17.4 Å². The van der Waals surface area contributed by atoms with E-state index in [4.69, 9.17) is 4.74 Å². The van der Waals surface area contributed by atoms with Crippen molar-refractivity contribution >= 4 is 14.0 Å². The standard InChI is InChI=1S/C19H26F3NO2Si/c1-14(2)16(12-13-26(4,5)6)23-17(24)18(25-3,19(20,21)22)15-10-8-7-9-11-15/h7-11,14,16H,1-6H3,(H,23,24)/t16-,18-/m0/s1. The second kappa shape index (κ2) is 8.27. The average molecular weight is 386 g/mol. The third kappa shape index (κ3) is 5.12. The Labute approximate surface area is 154 Å². The van der Waals surface area contributed by atoms with E-state index in [0.717, 1.165) is 7.11 Å². The van der Waals surface area contributed by atoms with Crippen molar-refractivity contribution < 1.29 is 22.7 Å². The van der Waals surface area contributed by atoms with Crippen LogP contribution in [0.2, 0.25) is 19.6 Å². The summed E-state index contributed by atoms with van der Waals surface area (Å²) < 4.78 is 46.6. The second-order valence-corrected chi connectivity index (χ2v) is 12.2.